The number of hydrogen-bond donors (Lipinski definition) is 2. The lowest BCUT2D eigenvalue weighted by atomic mass is 10.2. The zero-order valence-corrected chi connectivity index (χ0v) is 17.2. The van der Waals surface area contributed by atoms with Gasteiger partial charge in [-0.2, -0.15) is 10.2 Å². The number of aromatic nitrogens is 4. The fourth-order valence-corrected chi connectivity index (χ4v) is 3.24. The molecule has 0 unspecified atom stereocenters. The van der Waals surface area contributed by atoms with Crippen LogP contribution in [0.2, 0.25) is 0 Å². The zero-order valence-electron chi connectivity index (χ0n) is 16.4. The van der Waals surface area contributed by atoms with Crippen LogP contribution >= 0.6 is 12.2 Å². The number of hydrogen-bond acceptors (Lipinski definition) is 3. The van der Waals surface area contributed by atoms with Crippen molar-refractivity contribution in [3.8, 4) is 0 Å². The van der Waals surface area contributed by atoms with E-state index in [0.717, 1.165) is 5.56 Å². The molecule has 0 aliphatic heterocycles. The molecule has 4 rings (SSSR count). The first kappa shape index (κ1) is 21.5. The summed E-state index contributed by atoms with van der Waals surface area (Å²) in [7, 11) is 0. The van der Waals surface area contributed by atoms with Gasteiger partial charge >= 0.3 is 0 Å². The topological polar surface area (TPSA) is 59.7 Å². The first-order chi connectivity index (χ1) is 15.4. The standard InChI is InChI=1S/C21H16F4N6S/c22-17-6-18(23)20(25)19(24)16(17)12-31-11-15(8-27-31)29-21(32)28-14-7-26-30(10-14)9-13-4-2-1-3-5-13/h1-8,10-11H,9,12H2,(H2,28,29,32). The van der Waals surface area contributed by atoms with Crippen LogP contribution in [-0.2, 0) is 13.1 Å². The molecule has 0 aliphatic carbocycles. The Hall–Kier alpha value is -3.73. The van der Waals surface area contributed by atoms with Crippen LogP contribution in [0.25, 0.3) is 0 Å². The van der Waals surface area contributed by atoms with Crippen LogP contribution in [0.5, 0.6) is 0 Å². The zero-order chi connectivity index (χ0) is 22.7. The molecule has 2 N–H and O–H groups in total. The molecular weight excluding hydrogens is 444 g/mol. The van der Waals surface area contributed by atoms with Gasteiger partial charge in [-0.1, -0.05) is 30.3 Å². The number of anilines is 2. The van der Waals surface area contributed by atoms with E-state index in [9.17, 15) is 17.6 Å². The number of benzene rings is 2. The summed E-state index contributed by atoms with van der Waals surface area (Å²) in [5.74, 6) is -6.10. The lowest BCUT2D eigenvalue weighted by Crippen LogP contribution is -2.18. The number of thiocarbonyl (C=S) groups is 1. The van der Waals surface area contributed by atoms with Gasteiger partial charge < -0.3 is 10.6 Å². The van der Waals surface area contributed by atoms with Gasteiger partial charge in [0.05, 0.1) is 36.9 Å². The summed E-state index contributed by atoms with van der Waals surface area (Å²) in [6.07, 6.45) is 6.21. The summed E-state index contributed by atoms with van der Waals surface area (Å²) in [4.78, 5) is 0. The van der Waals surface area contributed by atoms with Crippen LogP contribution in [0, 0.1) is 23.3 Å². The van der Waals surface area contributed by atoms with E-state index in [1.165, 1.54) is 17.1 Å². The van der Waals surface area contributed by atoms with Crippen molar-refractivity contribution in [2.75, 3.05) is 10.6 Å². The van der Waals surface area contributed by atoms with E-state index in [0.29, 0.717) is 24.0 Å². The molecule has 6 nitrogen and oxygen atoms in total. The first-order valence-corrected chi connectivity index (χ1v) is 9.78. The van der Waals surface area contributed by atoms with E-state index < -0.39 is 35.4 Å². The molecule has 0 aliphatic rings. The van der Waals surface area contributed by atoms with E-state index in [1.54, 1.807) is 17.1 Å². The van der Waals surface area contributed by atoms with Gasteiger partial charge in [0, 0.05) is 24.0 Å². The number of rotatable bonds is 6. The third-order valence-electron chi connectivity index (χ3n) is 4.50. The lowest BCUT2D eigenvalue weighted by Gasteiger charge is -2.08. The largest absolute Gasteiger partial charge is 0.330 e. The van der Waals surface area contributed by atoms with Gasteiger partial charge in [-0.25, -0.2) is 17.6 Å². The summed E-state index contributed by atoms with van der Waals surface area (Å²) in [5.41, 5.74) is 1.56. The molecule has 2 heterocycles. The quantitative estimate of drug-likeness (QED) is 0.192. The molecule has 2 aromatic carbocycles. The van der Waals surface area contributed by atoms with E-state index in [4.69, 9.17) is 12.2 Å². The van der Waals surface area contributed by atoms with Gasteiger partial charge in [-0.3, -0.25) is 9.36 Å². The van der Waals surface area contributed by atoms with Crippen molar-refractivity contribution in [1.82, 2.24) is 19.6 Å². The van der Waals surface area contributed by atoms with Crippen LogP contribution in [0.4, 0.5) is 28.9 Å². The van der Waals surface area contributed by atoms with Crippen LogP contribution in [0.3, 0.4) is 0 Å². The molecule has 0 saturated heterocycles. The van der Waals surface area contributed by atoms with Crippen molar-refractivity contribution in [3.05, 3.63) is 95.6 Å². The van der Waals surface area contributed by atoms with Crippen molar-refractivity contribution < 1.29 is 17.6 Å². The Morgan fingerprint density at radius 1 is 0.812 bits per heavy atom. The van der Waals surface area contributed by atoms with Crippen LogP contribution < -0.4 is 10.6 Å². The predicted molar refractivity (Wildman–Crippen MR) is 115 cm³/mol. The van der Waals surface area contributed by atoms with Gasteiger partial charge in [0.2, 0.25) is 0 Å². The maximum absolute atomic E-state index is 13.9. The second kappa shape index (κ2) is 9.18. The Balaban J connectivity index is 1.36. The van der Waals surface area contributed by atoms with E-state index in [2.05, 4.69) is 20.8 Å². The van der Waals surface area contributed by atoms with Gasteiger partial charge in [0.25, 0.3) is 0 Å². The highest BCUT2D eigenvalue weighted by Crippen LogP contribution is 2.20. The minimum atomic E-state index is -1.73. The minimum Gasteiger partial charge on any atom is -0.330 e. The minimum absolute atomic E-state index is 0.244. The Morgan fingerprint density at radius 3 is 2.03 bits per heavy atom. The smallest absolute Gasteiger partial charge is 0.194 e. The molecule has 0 spiro atoms. The summed E-state index contributed by atoms with van der Waals surface area (Å²) in [6.45, 7) is 0.176. The Morgan fingerprint density at radius 2 is 1.41 bits per heavy atom. The van der Waals surface area contributed by atoms with Gasteiger partial charge in [-0.05, 0) is 17.8 Å². The maximum Gasteiger partial charge on any atom is 0.194 e. The van der Waals surface area contributed by atoms with Crippen LogP contribution in [-0.4, -0.2) is 24.7 Å². The molecular formula is C21H16F4N6S. The summed E-state index contributed by atoms with van der Waals surface area (Å²) in [6, 6.07) is 10.1. The number of nitrogens with one attached hydrogen (secondary N) is 2. The predicted octanol–water partition coefficient (Wildman–Crippen LogP) is 4.54. The van der Waals surface area contributed by atoms with Crippen molar-refractivity contribution in [2.24, 2.45) is 0 Å². The highest BCUT2D eigenvalue weighted by Gasteiger charge is 2.19. The molecule has 2 aromatic heterocycles. The summed E-state index contributed by atoms with van der Waals surface area (Å²) < 4.78 is 57.1. The molecule has 0 radical (unpaired) electrons. The summed E-state index contributed by atoms with van der Waals surface area (Å²) >= 11 is 5.26. The highest BCUT2D eigenvalue weighted by atomic mass is 32.1. The normalized spacial score (nSPS) is 10.9. The molecule has 4 aromatic rings. The average Bonchev–Trinajstić information content (AvgIpc) is 3.39. The van der Waals surface area contributed by atoms with Crippen LogP contribution in [0.15, 0.2) is 61.2 Å². The maximum atomic E-state index is 13.9. The molecule has 32 heavy (non-hydrogen) atoms. The number of nitrogens with zero attached hydrogens (tertiary/aromatic N) is 4. The first-order valence-electron chi connectivity index (χ1n) is 9.38. The number of halogens is 4. The van der Waals surface area contributed by atoms with E-state index in [1.807, 2.05) is 30.3 Å². The van der Waals surface area contributed by atoms with Gasteiger partial charge in [-0.15, -0.1) is 0 Å². The second-order valence-corrected chi connectivity index (χ2v) is 7.27. The second-order valence-electron chi connectivity index (χ2n) is 6.86. The highest BCUT2D eigenvalue weighted by molar-refractivity contribution is 7.80. The average molecular weight is 460 g/mol. The van der Waals surface area contributed by atoms with Gasteiger partial charge in [0.15, 0.2) is 22.6 Å². The van der Waals surface area contributed by atoms with Crippen molar-refractivity contribution in [2.45, 2.75) is 13.1 Å². The van der Waals surface area contributed by atoms with E-state index >= 15 is 0 Å². The molecule has 0 fully saturated rings. The van der Waals surface area contributed by atoms with Crippen molar-refractivity contribution in [3.63, 3.8) is 0 Å². The molecule has 0 bridgehead atoms. The summed E-state index contributed by atoms with van der Waals surface area (Å²) in [5, 5.41) is 14.3. The fraction of sp³-hybridized carbons (Fsp3) is 0.0952. The molecule has 0 amide bonds. The third-order valence-corrected chi connectivity index (χ3v) is 4.70. The van der Waals surface area contributed by atoms with Gasteiger partial charge in [0.1, 0.15) is 5.82 Å². The van der Waals surface area contributed by atoms with Crippen molar-refractivity contribution >= 4 is 28.7 Å². The molecule has 164 valence electrons. The fourth-order valence-electron chi connectivity index (χ4n) is 3.00. The lowest BCUT2D eigenvalue weighted by molar-refractivity contribution is 0.420. The third kappa shape index (κ3) is 4.94. The molecule has 0 atom stereocenters. The molecule has 0 saturated carbocycles. The SMILES string of the molecule is Fc1cc(F)c(Cn2cc(NC(=S)Nc3cnn(Cc4ccccc4)c3)cn2)c(F)c1F. The Kier molecular flexibility index (Phi) is 6.17. The van der Waals surface area contributed by atoms with Crippen LogP contribution in [0.1, 0.15) is 11.1 Å². The molecule has 11 heteroatoms. The Labute approximate surface area is 185 Å². The van der Waals surface area contributed by atoms with E-state index in [-0.39, 0.29) is 5.11 Å². The Bertz CT molecular complexity index is 1250. The monoisotopic (exact) mass is 460 g/mol. The van der Waals surface area contributed by atoms with Crippen molar-refractivity contribution in [1.29, 1.82) is 0 Å².